The summed E-state index contributed by atoms with van der Waals surface area (Å²) in [6, 6.07) is 2.19. The van der Waals surface area contributed by atoms with Gasteiger partial charge < -0.3 is 20.1 Å². The van der Waals surface area contributed by atoms with Gasteiger partial charge in [0.2, 0.25) is 0 Å². The molecular weight excluding hydrogens is 332 g/mol. The van der Waals surface area contributed by atoms with Crippen LogP contribution in [0.25, 0.3) is 6.08 Å². The fraction of sp³-hybridized carbons (Fsp3) is 0.438. The van der Waals surface area contributed by atoms with Crippen LogP contribution >= 0.6 is 12.6 Å². The van der Waals surface area contributed by atoms with Gasteiger partial charge in [0.05, 0.1) is 16.8 Å². The Morgan fingerprint density at radius 1 is 1.33 bits per heavy atom. The van der Waals surface area contributed by atoms with E-state index < -0.39 is 30.1 Å². The first-order valence-corrected chi connectivity index (χ1v) is 8.11. The molecule has 2 rings (SSSR count). The van der Waals surface area contributed by atoms with Gasteiger partial charge in [0, 0.05) is 17.0 Å². The maximum atomic E-state index is 14.2. The highest BCUT2D eigenvalue weighted by molar-refractivity contribution is 7.80. The largest absolute Gasteiger partial charge is 0.491 e. The van der Waals surface area contributed by atoms with E-state index in [2.05, 4.69) is 12.6 Å². The molecule has 0 bridgehead atoms. The summed E-state index contributed by atoms with van der Waals surface area (Å²) >= 11 is 4.26. The number of nitrogens with two attached hydrogens (primary N) is 1. The van der Waals surface area contributed by atoms with Crippen molar-refractivity contribution < 1.29 is 23.6 Å². The van der Waals surface area contributed by atoms with Crippen molar-refractivity contribution in [2.75, 3.05) is 11.5 Å². The molecule has 1 fully saturated rings. The third-order valence-electron chi connectivity index (χ3n) is 4.48. The van der Waals surface area contributed by atoms with Gasteiger partial charge in [0.15, 0.2) is 0 Å². The topological polar surface area (TPSA) is 81.8 Å². The number of carboxylic acids is 1. The van der Waals surface area contributed by atoms with E-state index >= 15 is 0 Å². The van der Waals surface area contributed by atoms with Crippen LogP contribution in [0.3, 0.4) is 0 Å². The molecule has 0 saturated carbocycles. The lowest BCUT2D eigenvalue weighted by Gasteiger charge is -2.32. The van der Waals surface area contributed by atoms with Gasteiger partial charge in [-0.2, -0.15) is 12.6 Å². The van der Waals surface area contributed by atoms with Crippen LogP contribution in [0.5, 0.6) is 0 Å². The molecule has 0 spiro atoms. The zero-order chi connectivity index (χ0) is 18.3. The number of halogens is 1. The van der Waals surface area contributed by atoms with E-state index in [4.69, 9.17) is 20.1 Å². The Bertz CT molecular complexity index is 690. The summed E-state index contributed by atoms with van der Waals surface area (Å²) in [5, 5.41) is 9.13. The van der Waals surface area contributed by atoms with Gasteiger partial charge in [-0.1, -0.05) is 6.08 Å². The molecule has 0 atom stereocenters. The summed E-state index contributed by atoms with van der Waals surface area (Å²) in [5.74, 6) is -1.57. The summed E-state index contributed by atoms with van der Waals surface area (Å²) in [5.41, 5.74) is 4.88. The highest BCUT2D eigenvalue weighted by atomic mass is 32.1. The fourth-order valence-electron chi connectivity index (χ4n) is 2.28. The normalized spacial score (nSPS) is 19.6. The molecular formula is C16H21BFNO4S. The van der Waals surface area contributed by atoms with E-state index in [1.165, 1.54) is 12.1 Å². The maximum absolute atomic E-state index is 14.2. The number of nitrogen functional groups attached to an aromatic ring is 1. The number of thiol groups is 1. The summed E-state index contributed by atoms with van der Waals surface area (Å²) in [6.45, 7) is 7.65. The van der Waals surface area contributed by atoms with Crippen LogP contribution in [0.15, 0.2) is 17.6 Å². The van der Waals surface area contributed by atoms with Crippen molar-refractivity contribution in [1.82, 2.24) is 0 Å². The van der Waals surface area contributed by atoms with Gasteiger partial charge in [-0.15, -0.1) is 0 Å². The van der Waals surface area contributed by atoms with Gasteiger partial charge in [-0.05, 0) is 45.3 Å². The Kier molecular flexibility index (Phi) is 5.04. The minimum atomic E-state index is -1.22. The van der Waals surface area contributed by atoms with Crippen molar-refractivity contribution in [3.8, 4) is 0 Å². The minimum absolute atomic E-state index is 0.0976. The van der Waals surface area contributed by atoms with Gasteiger partial charge in [0.25, 0.3) is 0 Å². The average Bonchev–Trinajstić information content (AvgIpc) is 2.66. The SMILES string of the molecule is CC1(C)OB(C(=Cc2cc(C(=O)O)c(N)cc2F)CS)OC1(C)C. The Morgan fingerprint density at radius 3 is 2.33 bits per heavy atom. The molecule has 1 aromatic rings. The monoisotopic (exact) mass is 353 g/mol. The first-order valence-electron chi connectivity index (χ1n) is 7.48. The van der Waals surface area contributed by atoms with Crippen LogP contribution in [0.1, 0.15) is 43.6 Å². The molecule has 1 aliphatic rings. The van der Waals surface area contributed by atoms with Crippen LogP contribution in [0.4, 0.5) is 10.1 Å². The van der Waals surface area contributed by atoms with E-state index in [0.29, 0.717) is 5.47 Å². The third kappa shape index (κ3) is 3.45. The Balaban J connectivity index is 2.42. The molecule has 0 aliphatic carbocycles. The molecule has 1 heterocycles. The van der Waals surface area contributed by atoms with Crippen molar-refractivity contribution in [1.29, 1.82) is 0 Å². The highest BCUT2D eigenvalue weighted by Crippen LogP contribution is 2.39. The number of rotatable bonds is 4. The van der Waals surface area contributed by atoms with Crippen LogP contribution in [0, 0.1) is 5.82 Å². The minimum Gasteiger partial charge on any atom is -0.478 e. The van der Waals surface area contributed by atoms with Crippen LogP contribution < -0.4 is 5.73 Å². The maximum Gasteiger partial charge on any atom is 0.491 e. The summed E-state index contributed by atoms with van der Waals surface area (Å²) in [7, 11) is -0.683. The number of aromatic carboxylic acids is 1. The first-order chi connectivity index (χ1) is 11.0. The number of carbonyl (C=O) groups is 1. The zero-order valence-electron chi connectivity index (χ0n) is 14.1. The smallest absolute Gasteiger partial charge is 0.478 e. The number of anilines is 1. The summed E-state index contributed by atoms with van der Waals surface area (Å²) in [4.78, 5) is 11.2. The second-order valence-electron chi connectivity index (χ2n) is 6.73. The van der Waals surface area contributed by atoms with Crippen molar-refractivity contribution in [3.05, 3.63) is 34.5 Å². The Morgan fingerprint density at radius 2 is 1.88 bits per heavy atom. The average molecular weight is 353 g/mol. The molecule has 1 aliphatic heterocycles. The molecule has 1 saturated heterocycles. The number of benzene rings is 1. The summed E-state index contributed by atoms with van der Waals surface area (Å²) in [6.07, 6.45) is 1.50. The Hall–Kier alpha value is -1.51. The predicted molar refractivity (Wildman–Crippen MR) is 95.7 cm³/mol. The molecule has 0 aromatic heterocycles. The van der Waals surface area contributed by atoms with Gasteiger partial charge >= 0.3 is 13.1 Å². The van der Waals surface area contributed by atoms with Crippen molar-refractivity contribution in [3.63, 3.8) is 0 Å². The van der Waals surface area contributed by atoms with Gasteiger partial charge in [0.1, 0.15) is 5.82 Å². The van der Waals surface area contributed by atoms with Crippen molar-refractivity contribution in [2.45, 2.75) is 38.9 Å². The Labute approximate surface area is 146 Å². The molecule has 0 unspecified atom stereocenters. The molecule has 3 N–H and O–H groups in total. The lowest BCUT2D eigenvalue weighted by Crippen LogP contribution is -2.41. The molecule has 24 heavy (non-hydrogen) atoms. The van der Waals surface area contributed by atoms with Gasteiger partial charge in [-0.3, -0.25) is 0 Å². The van der Waals surface area contributed by atoms with Crippen LogP contribution in [-0.2, 0) is 9.31 Å². The van der Waals surface area contributed by atoms with Gasteiger partial charge in [-0.25, -0.2) is 9.18 Å². The van der Waals surface area contributed by atoms with E-state index in [9.17, 15) is 9.18 Å². The fourth-order valence-corrected chi connectivity index (χ4v) is 2.52. The predicted octanol–water partition coefficient (Wildman–Crippen LogP) is 3.05. The van der Waals surface area contributed by atoms with E-state index in [1.807, 2.05) is 27.7 Å². The number of carboxylic acid groups (broad SMARTS) is 1. The molecule has 1 aromatic carbocycles. The zero-order valence-corrected chi connectivity index (χ0v) is 15.0. The highest BCUT2D eigenvalue weighted by Gasteiger charge is 2.52. The van der Waals surface area contributed by atoms with E-state index in [0.717, 1.165) is 6.07 Å². The molecule has 8 heteroatoms. The van der Waals surface area contributed by atoms with Crippen molar-refractivity contribution >= 4 is 37.5 Å². The number of hydrogen-bond acceptors (Lipinski definition) is 5. The molecule has 0 amide bonds. The van der Waals surface area contributed by atoms with E-state index in [-0.39, 0.29) is 22.6 Å². The quantitative estimate of drug-likeness (QED) is 0.440. The molecule has 5 nitrogen and oxygen atoms in total. The lowest BCUT2D eigenvalue weighted by atomic mass is 9.78. The van der Waals surface area contributed by atoms with Crippen LogP contribution in [0.2, 0.25) is 0 Å². The van der Waals surface area contributed by atoms with Crippen molar-refractivity contribution in [2.24, 2.45) is 0 Å². The van der Waals surface area contributed by atoms with Crippen LogP contribution in [-0.4, -0.2) is 35.1 Å². The summed E-state index contributed by atoms with van der Waals surface area (Å²) < 4.78 is 26.0. The molecule has 0 radical (unpaired) electrons. The van der Waals surface area contributed by atoms with E-state index in [1.54, 1.807) is 0 Å². The third-order valence-corrected chi connectivity index (χ3v) is 4.84. The number of hydrogen-bond donors (Lipinski definition) is 3. The lowest BCUT2D eigenvalue weighted by molar-refractivity contribution is 0.00578. The second-order valence-corrected chi connectivity index (χ2v) is 7.05. The first kappa shape index (κ1) is 18.8. The standard InChI is InChI=1S/C16H21BFNO4S/c1-15(2)16(3,4)23-17(22-15)10(8-24)5-9-6-11(14(20)21)13(19)7-12(9)18/h5-7,24H,8,19H2,1-4H3,(H,20,21). The molecule has 130 valence electrons. The second kappa shape index (κ2) is 6.42.